The van der Waals surface area contributed by atoms with E-state index in [0.29, 0.717) is 151 Å². The minimum absolute atomic E-state index is 0. The lowest BCUT2D eigenvalue weighted by Gasteiger charge is -2.40. The van der Waals surface area contributed by atoms with Crippen LogP contribution in [0.15, 0.2) is 267 Å². The van der Waals surface area contributed by atoms with Gasteiger partial charge in [-0.05, 0) is 297 Å². The van der Waals surface area contributed by atoms with Gasteiger partial charge in [-0.3, -0.25) is 82.1 Å². The number of aryl methyl sites for hydroxylation is 2. The van der Waals surface area contributed by atoms with Crippen molar-refractivity contribution < 1.29 is 86.6 Å². The average Bonchev–Trinajstić information content (AvgIpc) is 1.58. The lowest BCUT2D eigenvalue weighted by Crippen LogP contribution is -2.56. The zero-order valence-electron chi connectivity index (χ0n) is 82.6. The van der Waals surface area contributed by atoms with Crippen molar-refractivity contribution in [2.24, 2.45) is 0 Å². The summed E-state index contributed by atoms with van der Waals surface area (Å²) in [6.45, 7) is 22.8. The van der Waals surface area contributed by atoms with Gasteiger partial charge in [0.1, 0.15) is 69.0 Å². The van der Waals surface area contributed by atoms with Gasteiger partial charge in [-0.15, -0.1) is 0 Å². The summed E-state index contributed by atoms with van der Waals surface area (Å²) in [6.07, 6.45) is 11.7. The van der Waals surface area contributed by atoms with Gasteiger partial charge < -0.3 is 33.9 Å². The van der Waals surface area contributed by atoms with Crippen molar-refractivity contribution in [1.82, 2.24) is 24.5 Å². The lowest BCUT2D eigenvalue weighted by atomic mass is 9.78. The number of imide groups is 5. The molecule has 3 saturated carbocycles. The summed E-state index contributed by atoms with van der Waals surface area (Å²) in [5, 5.41) is 0. The summed E-state index contributed by atoms with van der Waals surface area (Å²) in [5.74, 6) is 1.41. The topological polar surface area (TPSA) is 294 Å². The largest absolute Gasteiger partial charge is 0.457 e. The van der Waals surface area contributed by atoms with E-state index < -0.39 is 63.8 Å². The highest BCUT2D eigenvalue weighted by molar-refractivity contribution is 6.26. The van der Waals surface area contributed by atoms with Crippen molar-refractivity contribution >= 4 is 76.4 Å². The van der Waals surface area contributed by atoms with E-state index in [-0.39, 0.29) is 87.0 Å². The molecule has 2 atom stereocenters. The minimum Gasteiger partial charge on any atom is -0.457 e. The summed E-state index contributed by atoms with van der Waals surface area (Å²) < 4.78 is 38.0. The van der Waals surface area contributed by atoms with Crippen LogP contribution < -0.4 is 33.3 Å². The molecule has 24 heteroatoms. The summed E-state index contributed by atoms with van der Waals surface area (Å²) in [6, 6.07) is 76.6. The van der Waals surface area contributed by atoms with E-state index in [1.165, 1.54) is 24.5 Å². The molecule has 6 heterocycles. The maximum Gasteiger partial charge on any atom is 0.263 e. The van der Waals surface area contributed by atoms with E-state index in [1.54, 1.807) is 108 Å². The van der Waals surface area contributed by atoms with Crippen molar-refractivity contribution in [3.05, 3.63) is 390 Å². The van der Waals surface area contributed by atoms with Gasteiger partial charge in [-0.1, -0.05) is 178 Å². The molecule has 9 aliphatic rings. The Kier molecular flexibility index (Phi) is 24.5. The first-order valence-corrected chi connectivity index (χ1v) is 49.9. The normalized spacial score (nSPS) is 17.4. The second-order valence-corrected chi connectivity index (χ2v) is 41.0. The highest BCUT2D eigenvalue weighted by atomic mass is 16.5. The van der Waals surface area contributed by atoms with Crippen molar-refractivity contribution in [1.29, 1.82) is 0 Å². The highest BCUT2D eigenvalue weighted by Crippen LogP contribution is 2.49. The fraction of sp³-hybridized carbons (Fsp3) is 0.254. The zero-order chi connectivity index (χ0) is 101. The molecule has 0 spiro atoms. The van der Waals surface area contributed by atoms with Gasteiger partial charge in [-0.2, -0.15) is 0 Å². The molecule has 24 nitrogen and oxygen atoms in total. The average molecular weight is 1950 g/mol. The molecule has 13 aromatic carbocycles. The van der Waals surface area contributed by atoms with Crippen molar-refractivity contribution in [2.75, 3.05) is 4.90 Å². The van der Waals surface area contributed by atoms with Crippen LogP contribution in [0.4, 0.5) is 5.69 Å². The van der Waals surface area contributed by atoms with Crippen LogP contribution >= 0.6 is 0 Å². The fourth-order valence-electron chi connectivity index (χ4n) is 22.9. The summed E-state index contributed by atoms with van der Waals surface area (Å²) in [7, 11) is 0. The molecule has 3 aliphatic carbocycles. The Morgan fingerprint density at radius 3 is 0.774 bits per heavy atom. The molecule has 0 radical (unpaired) electrons. The molecule has 6 aliphatic heterocycles. The third-order valence-electron chi connectivity index (χ3n) is 31.2. The Morgan fingerprint density at radius 1 is 0.253 bits per heavy atom. The zero-order valence-corrected chi connectivity index (χ0v) is 82.6. The molecule has 0 saturated heterocycles. The second-order valence-electron chi connectivity index (χ2n) is 41.0. The van der Waals surface area contributed by atoms with Gasteiger partial charge >= 0.3 is 0 Å². The summed E-state index contributed by atoms with van der Waals surface area (Å²) in [4.78, 5) is 164. The van der Waals surface area contributed by atoms with Crippen molar-refractivity contribution in [2.45, 2.75) is 199 Å². The predicted octanol–water partition coefficient (Wildman–Crippen LogP) is 25.0. The van der Waals surface area contributed by atoms with Gasteiger partial charge in [-0.25, -0.2) is 0 Å². The number of ether oxygens (including phenoxy) is 6. The van der Waals surface area contributed by atoms with E-state index >= 15 is 0 Å². The molecule has 0 bridgehead atoms. The standard InChI is InChI=1S/C122H106N6O17.H2O/c1-69-61-70(2)108(71(3)105(69)68-123-109(129)94-56-50-88(63-100(94)110(123)130)141-82-39-27-74(28-40-82)121(7,8)75-29-41-83(42-30-75)142-89-51-57-95-101(64-89)116(136)125(111(95)131)79-19-13-11-14-20-79)124-72(4)93-55-49-87(62-99(93)115(124)135)140-81-37-25-73(26-38-81)120(5,6)77-33-45-85(46-34-77)144-91-53-59-97-103(66-91)118(138)127(113(97)133)106-23-17-18-24-107(106)128-114(134)98-60-54-92(67-104(98)119(128)139)145-86-47-35-78(36-48-86)122(9,10)76-31-43-84(44-32-76)143-90-52-58-96-102(65-90)117(137)126(112(96)132)80-21-15-12-16-22-80;/h25-67,79-80,106-107H,4,11-24,68H2,1-3,5-10H3;1H2. The first kappa shape index (κ1) is 95.7. The van der Waals surface area contributed by atoms with Crippen LogP contribution in [0.1, 0.15) is 307 Å². The number of carbonyl (C=O) groups is 11. The van der Waals surface area contributed by atoms with Crippen molar-refractivity contribution in [3.63, 3.8) is 0 Å². The Balaban J connectivity index is 0.0000125. The first-order valence-electron chi connectivity index (χ1n) is 49.9. The van der Waals surface area contributed by atoms with Crippen LogP contribution in [-0.2, 0) is 22.8 Å². The molecule has 13 aromatic rings. The number of rotatable bonds is 25. The summed E-state index contributed by atoms with van der Waals surface area (Å²) in [5.41, 5.74) is 12.5. The smallest absolute Gasteiger partial charge is 0.263 e. The van der Waals surface area contributed by atoms with Gasteiger partial charge in [0.25, 0.3) is 65.0 Å². The summed E-state index contributed by atoms with van der Waals surface area (Å²) >= 11 is 0. The van der Waals surface area contributed by atoms with E-state index in [1.807, 2.05) is 178 Å². The van der Waals surface area contributed by atoms with Gasteiger partial charge in [0.05, 0.1) is 91.2 Å². The fourth-order valence-corrected chi connectivity index (χ4v) is 22.9. The molecular weight excluding hydrogens is 1840 g/mol. The SMILES string of the molecule is C=C1c2ccc(Oc3ccc(C(C)(C)c4ccc(Oc5ccc6c(c5)C(=O)N(C5CCCCC5N5C(=O)c7ccc(Oc8ccc(C(C)(C)c9ccc(Oc%10ccc%11c(c%10)C(=O)N(C%10CCCCC%10)C%11=O)cc9)cc8)cc7C5=O)C6=O)cc4)cc3)cc2C(=O)N1c1c(C)cc(C)c(CN2C(=O)c3ccc(Oc4ccc(C(C)(C)c5ccc(Oc6ccc7c(c6)C(=O)N(C6CCCCC6)C7=O)cc5)cc4)cc3C2=O)c1C.O. The molecule has 0 aromatic heterocycles. The third-order valence-corrected chi connectivity index (χ3v) is 31.2. The number of anilines is 1. The van der Waals surface area contributed by atoms with Crippen LogP contribution in [0.5, 0.6) is 69.0 Å². The monoisotopic (exact) mass is 1940 g/mol. The molecule has 734 valence electrons. The third kappa shape index (κ3) is 16.8. The van der Waals surface area contributed by atoms with Gasteiger partial charge in [0, 0.05) is 33.9 Å². The Labute approximate surface area is 845 Å². The maximum absolute atomic E-state index is 14.9. The lowest BCUT2D eigenvalue weighted by molar-refractivity contribution is 0.0291. The molecule has 146 heavy (non-hydrogen) atoms. The molecule has 2 N–H and O–H groups in total. The molecule has 3 fully saturated rings. The first-order chi connectivity index (χ1) is 69.8. The molecular formula is C122H108N6O18. The van der Waals surface area contributed by atoms with Crippen molar-refractivity contribution in [3.8, 4) is 69.0 Å². The van der Waals surface area contributed by atoms with E-state index in [4.69, 9.17) is 28.4 Å². The second kappa shape index (κ2) is 37.4. The number of fused-ring (bicyclic) bond motifs is 6. The number of hydrogen-bond donors (Lipinski definition) is 0. The van der Waals surface area contributed by atoms with Crippen LogP contribution in [0.2, 0.25) is 0 Å². The number of hydrogen-bond acceptors (Lipinski definition) is 17. The minimum atomic E-state index is -0.785. The van der Waals surface area contributed by atoms with Crippen LogP contribution in [0.25, 0.3) is 5.70 Å². The Bertz CT molecular complexity index is 7660. The number of carbonyl (C=O) groups excluding carboxylic acids is 11. The number of nitrogens with zero attached hydrogens (tertiary/aromatic N) is 6. The van der Waals surface area contributed by atoms with E-state index in [9.17, 15) is 52.7 Å². The van der Waals surface area contributed by atoms with Crippen LogP contribution in [0, 0.1) is 20.8 Å². The number of amides is 11. The molecule has 2 unspecified atom stereocenters. The highest BCUT2D eigenvalue weighted by Gasteiger charge is 2.52. The predicted molar refractivity (Wildman–Crippen MR) is 550 cm³/mol. The molecule has 22 rings (SSSR count). The quantitative estimate of drug-likeness (QED) is 0.0480. The van der Waals surface area contributed by atoms with E-state index in [0.717, 1.165) is 109 Å². The molecule has 11 amide bonds. The Morgan fingerprint density at radius 2 is 0.479 bits per heavy atom. The van der Waals surface area contributed by atoms with Crippen LogP contribution in [-0.4, -0.2) is 119 Å². The number of benzene rings is 13. The van der Waals surface area contributed by atoms with Gasteiger partial charge in [0.2, 0.25) is 0 Å². The van der Waals surface area contributed by atoms with Crippen LogP contribution in [0.3, 0.4) is 0 Å². The van der Waals surface area contributed by atoms with E-state index in [2.05, 4.69) is 48.1 Å². The Hall–Kier alpha value is -16.5. The maximum atomic E-state index is 14.9. The van der Waals surface area contributed by atoms with Gasteiger partial charge in [0.15, 0.2) is 0 Å².